The van der Waals surface area contributed by atoms with E-state index in [1.165, 1.54) is 6.33 Å². The fraction of sp³-hybridized carbons (Fsp3) is 0. The maximum Gasteiger partial charge on any atom is 0.340 e. The van der Waals surface area contributed by atoms with Crippen LogP contribution in [0.15, 0.2) is 35.4 Å². The van der Waals surface area contributed by atoms with E-state index in [0.717, 1.165) is 5.56 Å². The Morgan fingerprint density at radius 1 is 1.00 bits per heavy atom. The lowest BCUT2D eigenvalue weighted by atomic mass is 10.1. The predicted molar refractivity (Wildman–Crippen MR) is 75.7 cm³/mol. The number of aromatic nitrogens is 5. The summed E-state index contributed by atoms with van der Waals surface area (Å²) in [5.74, 6) is 0.346. The molecular formula is C12H7Cl2N5O. The summed E-state index contributed by atoms with van der Waals surface area (Å²) >= 11 is 11.9. The van der Waals surface area contributed by atoms with Crippen LogP contribution in [0.2, 0.25) is 10.0 Å². The van der Waals surface area contributed by atoms with Gasteiger partial charge < -0.3 is 0 Å². The molecule has 0 saturated heterocycles. The standard InChI is InChI=1S/C12H7Cl2N5O/c13-7-2-1-6(3-8(7)14)9-4-10(16-5-15-9)11-17-12(20)19-18-11/h1-5H,(H2,17,18,19,20). The van der Waals surface area contributed by atoms with Gasteiger partial charge in [-0.05, 0) is 18.2 Å². The van der Waals surface area contributed by atoms with Crippen molar-refractivity contribution in [1.29, 1.82) is 0 Å². The summed E-state index contributed by atoms with van der Waals surface area (Å²) in [5.41, 5.74) is 1.55. The van der Waals surface area contributed by atoms with Gasteiger partial charge >= 0.3 is 5.69 Å². The van der Waals surface area contributed by atoms with Crippen molar-refractivity contribution in [2.45, 2.75) is 0 Å². The van der Waals surface area contributed by atoms with Gasteiger partial charge in [-0.1, -0.05) is 29.3 Å². The third-order valence-corrected chi connectivity index (χ3v) is 3.37. The molecule has 1 aromatic carbocycles. The van der Waals surface area contributed by atoms with Crippen molar-refractivity contribution < 1.29 is 0 Å². The average Bonchev–Trinajstić information content (AvgIpc) is 2.89. The molecule has 0 aliphatic heterocycles. The van der Waals surface area contributed by atoms with Crippen molar-refractivity contribution in [2.24, 2.45) is 0 Å². The average molecular weight is 308 g/mol. The van der Waals surface area contributed by atoms with Crippen molar-refractivity contribution in [3.63, 3.8) is 0 Å². The largest absolute Gasteiger partial charge is 0.340 e. The van der Waals surface area contributed by atoms with Crippen molar-refractivity contribution in [3.8, 4) is 22.8 Å². The predicted octanol–water partition coefficient (Wildman–Crippen LogP) is 2.53. The lowest BCUT2D eigenvalue weighted by molar-refractivity contribution is 1.05. The van der Waals surface area contributed by atoms with Gasteiger partial charge in [0.15, 0.2) is 5.82 Å². The number of hydrogen-bond donors (Lipinski definition) is 2. The molecule has 3 aromatic rings. The number of nitrogens with zero attached hydrogens (tertiary/aromatic N) is 3. The van der Waals surface area contributed by atoms with Gasteiger partial charge in [-0.15, -0.1) is 0 Å². The highest BCUT2D eigenvalue weighted by atomic mass is 35.5. The summed E-state index contributed by atoms with van der Waals surface area (Å²) in [6.07, 6.45) is 1.39. The van der Waals surface area contributed by atoms with E-state index in [1.807, 2.05) is 0 Å². The molecule has 2 N–H and O–H groups in total. The minimum atomic E-state index is -0.394. The summed E-state index contributed by atoms with van der Waals surface area (Å²) in [4.78, 5) is 21.8. The monoisotopic (exact) mass is 307 g/mol. The molecule has 8 heteroatoms. The molecule has 100 valence electrons. The Labute approximate surface area is 122 Å². The van der Waals surface area contributed by atoms with E-state index < -0.39 is 5.69 Å². The lowest BCUT2D eigenvalue weighted by Gasteiger charge is -2.03. The Bertz CT molecular complexity index is 826. The molecule has 0 saturated carbocycles. The normalized spacial score (nSPS) is 10.7. The number of nitrogens with one attached hydrogen (secondary N) is 2. The fourth-order valence-corrected chi connectivity index (χ4v) is 1.99. The molecule has 20 heavy (non-hydrogen) atoms. The van der Waals surface area contributed by atoms with E-state index in [4.69, 9.17) is 23.2 Å². The SMILES string of the molecule is O=c1[nH]nc(-c2cc(-c3ccc(Cl)c(Cl)c3)ncn2)[nH]1. The number of H-pyrrole nitrogens is 2. The molecule has 2 aromatic heterocycles. The first-order valence-corrected chi connectivity index (χ1v) is 6.31. The van der Waals surface area contributed by atoms with Crippen LogP contribution < -0.4 is 5.69 Å². The Kier molecular flexibility index (Phi) is 3.25. The zero-order valence-corrected chi connectivity index (χ0v) is 11.4. The summed E-state index contributed by atoms with van der Waals surface area (Å²) in [5, 5.41) is 7.02. The third-order valence-electron chi connectivity index (χ3n) is 2.63. The number of halogens is 2. The van der Waals surface area contributed by atoms with E-state index in [0.29, 0.717) is 27.3 Å². The minimum Gasteiger partial charge on any atom is -0.288 e. The molecule has 0 atom stereocenters. The van der Waals surface area contributed by atoms with E-state index in [-0.39, 0.29) is 0 Å². The third kappa shape index (κ3) is 2.43. The molecule has 0 spiro atoms. The highest BCUT2D eigenvalue weighted by Gasteiger charge is 2.08. The van der Waals surface area contributed by atoms with Crippen molar-refractivity contribution in [3.05, 3.63) is 51.1 Å². The van der Waals surface area contributed by atoms with Crippen LogP contribution in [0, 0.1) is 0 Å². The van der Waals surface area contributed by atoms with Crippen LogP contribution in [-0.2, 0) is 0 Å². The smallest absolute Gasteiger partial charge is 0.288 e. The molecule has 0 amide bonds. The Balaban J connectivity index is 2.07. The fourth-order valence-electron chi connectivity index (χ4n) is 1.69. The van der Waals surface area contributed by atoms with E-state index in [2.05, 4.69) is 25.1 Å². The van der Waals surface area contributed by atoms with Crippen LogP contribution in [0.1, 0.15) is 0 Å². The second-order valence-corrected chi connectivity index (χ2v) is 4.76. The van der Waals surface area contributed by atoms with Crippen LogP contribution in [0.3, 0.4) is 0 Å². The molecule has 0 fully saturated rings. The molecule has 2 heterocycles. The summed E-state index contributed by atoms with van der Waals surface area (Å²) in [6.45, 7) is 0. The molecule has 0 radical (unpaired) electrons. The van der Waals surface area contributed by atoms with Gasteiger partial charge in [0, 0.05) is 5.56 Å². The van der Waals surface area contributed by atoms with Gasteiger partial charge in [0.2, 0.25) is 0 Å². The first-order valence-electron chi connectivity index (χ1n) is 5.56. The molecule has 6 nitrogen and oxygen atoms in total. The second-order valence-electron chi connectivity index (χ2n) is 3.94. The van der Waals surface area contributed by atoms with Gasteiger partial charge in [0.25, 0.3) is 0 Å². The maximum atomic E-state index is 11.1. The molecular weight excluding hydrogens is 301 g/mol. The van der Waals surface area contributed by atoms with E-state index >= 15 is 0 Å². The minimum absolute atomic E-state index is 0.346. The Hall–Kier alpha value is -2.18. The van der Waals surface area contributed by atoms with Crippen molar-refractivity contribution in [2.75, 3.05) is 0 Å². The number of hydrogen-bond acceptors (Lipinski definition) is 4. The van der Waals surface area contributed by atoms with Crippen LogP contribution >= 0.6 is 23.2 Å². The molecule has 0 aliphatic carbocycles. The Morgan fingerprint density at radius 2 is 1.80 bits per heavy atom. The quantitative estimate of drug-likeness (QED) is 0.761. The Morgan fingerprint density at radius 3 is 2.50 bits per heavy atom. The summed E-state index contributed by atoms with van der Waals surface area (Å²) in [6, 6.07) is 6.90. The topological polar surface area (TPSA) is 87.3 Å². The summed E-state index contributed by atoms with van der Waals surface area (Å²) in [7, 11) is 0. The highest BCUT2D eigenvalue weighted by molar-refractivity contribution is 6.42. The molecule has 0 unspecified atom stereocenters. The second kappa shape index (κ2) is 5.07. The molecule has 3 rings (SSSR count). The zero-order chi connectivity index (χ0) is 14.1. The van der Waals surface area contributed by atoms with E-state index in [9.17, 15) is 4.79 Å². The van der Waals surface area contributed by atoms with Gasteiger partial charge in [0.1, 0.15) is 12.0 Å². The number of rotatable bonds is 2. The van der Waals surface area contributed by atoms with Crippen LogP contribution in [-0.4, -0.2) is 25.1 Å². The van der Waals surface area contributed by atoms with Gasteiger partial charge in [0.05, 0.1) is 15.7 Å². The van der Waals surface area contributed by atoms with Crippen LogP contribution in [0.5, 0.6) is 0 Å². The van der Waals surface area contributed by atoms with Crippen molar-refractivity contribution in [1.82, 2.24) is 25.1 Å². The summed E-state index contributed by atoms with van der Waals surface area (Å²) < 4.78 is 0. The first kappa shape index (κ1) is 12.8. The van der Waals surface area contributed by atoms with Crippen LogP contribution in [0.25, 0.3) is 22.8 Å². The van der Waals surface area contributed by atoms with Crippen LogP contribution in [0.4, 0.5) is 0 Å². The molecule has 0 aliphatic rings. The highest BCUT2D eigenvalue weighted by Crippen LogP contribution is 2.28. The lowest BCUT2D eigenvalue weighted by Crippen LogP contribution is -2.00. The van der Waals surface area contributed by atoms with Gasteiger partial charge in [-0.2, -0.15) is 5.10 Å². The molecule has 0 bridgehead atoms. The van der Waals surface area contributed by atoms with Gasteiger partial charge in [-0.25, -0.2) is 19.9 Å². The number of aromatic amines is 2. The van der Waals surface area contributed by atoms with E-state index in [1.54, 1.807) is 24.3 Å². The van der Waals surface area contributed by atoms with Gasteiger partial charge in [-0.3, -0.25) is 4.98 Å². The number of benzene rings is 1. The zero-order valence-electron chi connectivity index (χ0n) is 9.89. The maximum absolute atomic E-state index is 11.1. The van der Waals surface area contributed by atoms with Crippen molar-refractivity contribution >= 4 is 23.2 Å². The first-order chi connectivity index (χ1) is 9.63.